The minimum absolute atomic E-state index is 0.00611. The molecule has 3 nitrogen and oxygen atoms in total. The quantitative estimate of drug-likeness (QED) is 0.683. The molecule has 1 aromatic heterocycles. The third-order valence-corrected chi connectivity index (χ3v) is 2.38. The van der Waals surface area contributed by atoms with Crippen LogP contribution in [0.15, 0.2) is 29.2 Å². The lowest BCUT2D eigenvalue weighted by atomic mass is 10.1. The maximum atomic E-state index is 11.5. The fourth-order valence-electron chi connectivity index (χ4n) is 1.69. The van der Waals surface area contributed by atoms with Crippen LogP contribution in [0.4, 0.5) is 0 Å². The van der Waals surface area contributed by atoms with E-state index in [0.717, 1.165) is 23.0 Å². The second-order valence-corrected chi connectivity index (χ2v) is 3.30. The normalized spacial score (nSPS) is 10.7. The molecule has 2 rings (SSSR count). The van der Waals surface area contributed by atoms with Gasteiger partial charge in [-0.15, -0.1) is 0 Å². The molecule has 1 aromatic carbocycles. The van der Waals surface area contributed by atoms with Crippen LogP contribution >= 0.6 is 0 Å². The highest BCUT2D eigenvalue weighted by Crippen LogP contribution is 2.13. The Balaban J connectivity index is 3.00. The number of nitrogens with zero attached hydrogens (tertiary/aromatic N) is 2. The second-order valence-electron chi connectivity index (χ2n) is 3.30. The van der Waals surface area contributed by atoms with E-state index in [1.54, 1.807) is 0 Å². The molecule has 0 aliphatic carbocycles. The maximum absolute atomic E-state index is 11.5. The van der Waals surface area contributed by atoms with Gasteiger partial charge < -0.3 is 0 Å². The molecule has 72 valence electrons. The van der Waals surface area contributed by atoms with E-state index in [0.29, 0.717) is 0 Å². The van der Waals surface area contributed by atoms with Crippen molar-refractivity contribution in [3.63, 3.8) is 0 Å². The molecule has 0 unspecified atom stereocenters. The fourth-order valence-corrected chi connectivity index (χ4v) is 1.69. The predicted octanol–water partition coefficient (Wildman–Crippen LogP) is 1.72. The summed E-state index contributed by atoms with van der Waals surface area (Å²) in [5.41, 5.74) is 2.03. The van der Waals surface area contributed by atoms with Crippen molar-refractivity contribution in [3.8, 4) is 0 Å². The van der Waals surface area contributed by atoms with Crippen LogP contribution in [-0.4, -0.2) is 9.78 Å². The van der Waals surface area contributed by atoms with E-state index in [4.69, 9.17) is 0 Å². The molecule has 0 N–H and O–H groups in total. The molecule has 0 saturated carbocycles. The van der Waals surface area contributed by atoms with Crippen LogP contribution in [-0.2, 0) is 6.54 Å². The zero-order valence-electron chi connectivity index (χ0n) is 8.32. The minimum atomic E-state index is -0.00611. The topological polar surface area (TPSA) is 34.9 Å². The summed E-state index contributed by atoms with van der Waals surface area (Å²) < 4.78 is 1.85. The van der Waals surface area contributed by atoms with Crippen LogP contribution in [0.25, 0.3) is 10.9 Å². The number of rotatable bonds is 1. The van der Waals surface area contributed by atoms with E-state index in [1.165, 1.54) is 6.20 Å². The largest absolute Gasteiger partial charge is 0.287 e. The van der Waals surface area contributed by atoms with Gasteiger partial charge in [0.15, 0.2) is 0 Å². The van der Waals surface area contributed by atoms with Crippen LogP contribution in [0.3, 0.4) is 0 Å². The van der Waals surface area contributed by atoms with Gasteiger partial charge in [-0.3, -0.25) is 9.48 Å². The number of aromatic nitrogens is 2. The van der Waals surface area contributed by atoms with E-state index >= 15 is 0 Å². The summed E-state index contributed by atoms with van der Waals surface area (Å²) in [6.45, 7) is 4.79. The molecular formula is C11H12N2O. The summed E-state index contributed by atoms with van der Waals surface area (Å²) in [6, 6.07) is 5.74. The standard InChI is InChI=1S/C11H12N2O/c1-3-13-11-8(2)5-4-6-9(11)10(14)7-12-13/h4-7H,3H2,1-2H3. The molecule has 0 amide bonds. The molecule has 0 aliphatic rings. The smallest absolute Gasteiger partial charge is 0.207 e. The molecule has 0 atom stereocenters. The molecular weight excluding hydrogens is 176 g/mol. The third kappa shape index (κ3) is 1.21. The molecule has 0 fully saturated rings. The lowest BCUT2D eigenvalue weighted by molar-refractivity contribution is 0.666. The molecule has 1 heterocycles. The van der Waals surface area contributed by atoms with Crippen molar-refractivity contribution in [2.75, 3.05) is 0 Å². The SMILES string of the molecule is CCn1ncc(=O)c2cccc(C)c21. The first-order chi connectivity index (χ1) is 6.74. The van der Waals surface area contributed by atoms with E-state index in [9.17, 15) is 4.79 Å². The molecule has 0 bridgehead atoms. The van der Waals surface area contributed by atoms with Gasteiger partial charge in [-0.1, -0.05) is 12.1 Å². The Morgan fingerprint density at radius 3 is 2.93 bits per heavy atom. The van der Waals surface area contributed by atoms with Gasteiger partial charge in [-0.2, -0.15) is 5.10 Å². The zero-order chi connectivity index (χ0) is 10.1. The number of aryl methyl sites for hydroxylation is 2. The van der Waals surface area contributed by atoms with Crippen molar-refractivity contribution in [1.82, 2.24) is 9.78 Å². The van der Waals surface area contributed by atoms with Crippen molar-refractivity contribution in [2.24, 2.45) is 0 Å². The van der Waals surface area contributed by atoms with Crippen LogP contribution in [0, 0.1) is 6.92 Å². The summed E-state index contributed by atoms with van der Waals surface area (Å²) in [5, 5.41) is 4.84. The van der Waals surface area contributed by atoms with Crippen molar-refractivity contribution in [2.45, 2.75) is 20.4 Å². The molecule has 0 radical (unpaired) electrons. The zero-order valence-corrected chi connectivity index (χ0v) is 8.32. The fraction of sp³-hybridized carbons (Fsp3) is 0.273. The van der Waals surface area contributed by atoms with Crippen molar-refractivity contribution in [3.05, 3.63) is 40.2 Å². The highest BCUT2D eigenvalue weighted by atomic mass is 16.1. The lowest BCUT2D eigenvalue weighted by Gasteiger charge is -2.08. The van der Waals surface area contributed by atoms with Crippen molar-refractivity contribution in [1.29, 1.82) is 0 Å². The van der Waals surface area contributed by atoms with Crippen molar-refractivity contribution >= 4 is 10.9 Å². The van der Waals surface area contributed by atoms with E-state index in [2.05, 4.69) is 5.10 Å². The Morgan fingerprint density at radius 2 is 2.21 bits per heavy atom. The molecule has 0 saturated heterocycles. The first-order valence-corrected chi connectivity index (χ1v) is 4.69. The van der Waals surface area contributed by atoms with Gasteiger partial charge in [0.2, 0.25) is 5.43 Å². The Morgan fingerprint density at radius 1 is 1.43 bits per heavy atom. The Kier molecular flexibility index (Phi) is 2.08. The Bertz CT molecular complexity index is 528. The minimum Gasteiger partial charge on any atom is -0.287 e. The summed E-state index contributed by atoms with van der Waals surface area (Å²) in [4.78, 5) is 11.5. The molecule has 3 heteroatoms. The van der Waals surface area contributed by atoms with Gasteiger partial charge in [-0.25, -0.2) is 0 Å². The molecule has 0 spiro atoms. The van der Waals surface area contributed by atoms with Crippen LogP contribution in [0.5, 0.6) is 0 Å². The van der Waals surface area contributed by atoms with Crippen LogP contribution < -0.4 is 5.43 Å². The Labute approximate surface area is 82.0 Å². The summed E-state index contributed by atoms with van der Waals surface area (Å²) in [6.07, 6.45) is 1.38. The first kappa shape index (κ1) is 8.94. The molecule has 14 heavy (non-hydrogen) atoms. The Hall–Kier alpha value is -1.64. The summed E-state index contributed by atoms with van der Waals surface area (Å²) in [5.74, 6) is 0. The highest BCUT2D eigenvalue weighted by molar-refractivity contribution is 5.81. The van der Waals surface area contributed by atoms with Crippen molar-refractivity contribution < 1.29 is 0 Å². The number of hydrogen-bond donors (Lipinski definition) is 0. The lowest BCUT2D eigenvalue weighted by Crippen LogP contribution is -2.12. The van der Waals surface area contributed by atoms with Gasteiger partial charge >= 0.3 is 0 Å². The van der Waals surface area contributed by atoms with Gasteiger partial charge in [0.1, 0.15) is 0 Å². The van der Waals surface area contributed by atoms with Gasteiger partial charge in [0.05, 0.1) is 11.7 Å². The van der Waals surface area contributed by atoms with Crippen LogP contribution in [0.1, 0.15) is 12.5 Å². The third-order valence-electron chi connectivity index (χ3n) is 2.38. The van der Waals surface area contributed by atoms with Gasteiger partial charge in [-0.05, 0) is 25.5 Å². The first-order valence-electron chi connectivity index (χ1n) is 4.69. The van der Waals surface area contributed by atoms with E-state index in [1.807, 2.05) is 36.7 Å². The summed E-state index contributed by atoms with van der Waals surface area (Å²) in [7, 11) is 0. The predicted molar refractivity (Wildman–Crippen MR) is 56.4 cm³/mol. The molecule has 2 aromatic rings. The van der Waals surface area contributed by atoms with Gasteiger partial charge in [0, 0.05) is 11.9 Å². The highest BCUT2D eigenvalue weighted by Gasteiger charge is 2.04. The maximum Gasteiger partial charge on any atom is 0.207 e. The number of benzene rings is 1. The summed E-state index contributed by atoms with van der Waals surface area (Å²) >= 11 is 0. The van der Waals surface area contributed by atoms with Gasteiger partial charge in [0.25, 0.3) is 0 Å². The monoisotopic (exact) mass is 188 g/mol. The molecule has 0 aliphatic heterocycles. The van der Waals surface area contributed by atoms with E-state index < -0.39 is 0 Å². The average molecular weight is 188 g/mol. The second kappa shape index (κ2) is 3.25. The average Bonchev–Trinajstić information content (AvgIpc) is 2.20. The number of fused-ring (bicyclic) bond motifs is 1. The number of hydrogen-bond acceptors (Lipinski definition) is 2. The number of para-hydroxylation sites is 1. The van der Waals surface area contributed by atoms with Crippen LogP contribution in [0.2, 0.25) is 0 Å². The van der Waals surface area contributed by atoms with E-state index in [-0.39, 0.29) is 5.43 Å².